The molecule has 2 rings (SSSR count). The number of rotatable bonds is 3. The molecule has 138 valence electrons. The van der Waals surface area contributed by atoms with Crippen molar-refractivity contribution in [1.82, 2.24) is 14.7 Å². The van der Waals surface area contributed by atoms with Crippen molar-refractivity contribution < 1.29 is 0 Å². The molecule has 0 radical (unpaired) electrons. The maximum absolute atomic E-state index is 3.51. The normalized spacial score (nSPS) is 23.1. The lowest BCUT2D eigenvalue weighted by Crippen LogP contribution is -2.54. The predicted octanol–water partition coefficient (Wildman–Crippen LogP) is 3.16. The predicted molar refractivity (Wildman–Crippen MR) is 104 cm³/mol. The van der Waals surface area contributed by atoms with E-state index in [1.165, 1.54) is 65.2 Å². The fourth-order valence-electron chi connectivity index (χ4n) is 3.54. The van der Waals surface area contributed by atoms with Crippen LogP contribution in [0.3, 0.4) is 0 Å². The molecule has 0 aromatic carbocycles. The summed E-state index contributed by atoms with van der Waals surface area (Å²) in [4.78, 5) is 7.90. The number of likely N-dealkylation sites (tertiary alicyclic amines) is 1. The minimum absolute atomic E-state index is 0.145. The molecule has 2 fully saturated rings. The topological polar surface area (TPSA) is 9.72 Å². The molecule has 0 N–H and O–H groups in total. The van der Waals surface area contributed by atoms with Crippen LogP contribution >= 0.6 is 0 Å². The van der Waals surface area contributed by atoms with Gasteiger partial charge in [0.15, 0.2) is 0 Å². The van der Waals surface area contributed by atoms with Gasteiger partial charge in [0.05, 0.1) is 0 Å². The van der Waals surface area contributed by atoms with Crippen molar-refractivity contribution in [2.75, 3.05) is 52.4 Å². The SMILES string of the molecule is CC(C)(C)C#CC1CCN(CCN2CCN(C(C)(C)C)CC2)CC1. The molecule has 24 heavy (non-hydrogen) atoms. The largest absolute Gasteiger partial charge is 0.302 e. The Hall–Kier alpha value is -0.560. The van der Waals surface area contributed by atoms with Crippen molar-refractivity contribution in [2.24, 2.45) is 11.3 Å². The minimum atomic E-state index is 0.145. The number of piperazine rings is 1. The molecular weight excluding hydrogens is 294 g/mol. The van der Waals surface area contributed by atoms with E-state index in [4.69, 9.17) is 0 Å². The third-order valence-corrected chi connectivity index (χ3v) is 5.29. The Morgan fingerprint density at radius 3 is 1.71 bits per heavy atom. The second kappa shape index (κ2) is 8.21. The summed E-state index contributed by atoms with van der Waals surface area (Å²) in [7, 11) is 0. The van der Waals surface area contributed by atoms with E-state index < -0.39 is 0 Å². The molecule has 0 amide bonds. The highest BCUT2D eigenvalue weighted by Crippen LogP contribution is 2.19. The van der Waals surface area contributed by atoms with Crippen LogP contribution in [0.5, 0.6) is 0 Å². The zero-order valence-electron chi connectivity index (χ0n) is 17.0. The fraction of sp³-hybridized carbons (Fsp3) is 0.905. The maximum atomic E-state index is 3.51. The van der Waals surface area contributed by atoms with Gasteiger partial charge in [-0.05, 0) is 67.5 Å². The van der Waals surface area contributed by atoms with Crippen LogP contribution in [-0.2, 0) is 0 Å². The first-order valence-corrected chi connectivity index (χ1v) is 9.86. The molecule has 2 aliphatic heterocycles. The molecule has 0 unspecified atom stereocenters. The second-order valence-corrected chi connectivity index (χ2v) is 9.63. The van der Waals surface area contributed by atoms with Crippen molar-refractivity contribution in [1.29, 1.82) is 0 Å². The molecule has 0 aromatic rings. The van der Waals surface area contributed by atoms with E-state index in [9.17, 15) is 0 Å². The fourth-order valence-corrected chi connectivity index (χ4v) is 3.54. The summed E-state index contributed by atoms with van der Waals surface area (Å²) >= 11 is 0. The van der Waals surface area contributed by atoms with Gasteiger partial charge in [-0.3, -0.25) is 9.80 Å². The summed E-state index contributed by atoms with van der Waals surface area (Å²) in [5.74, 6) is 7.56. The third kappa shape index (κ3) is 6.75. The monoisotopic (exact) mass is 333 g/mol. The number of piperidine rings is 1. The van der Waals surface area contributed by atoms with Crippen molar-refractivity contribution in [2.45, 2.75) is 59.9 Å². The minimum Gasteiger partial charge on any atom is -0.302 e. The Morgan fingerprint density at radius 1 is 0.750 bits per heavy atom. The van der Waals surface area contributed by atoms with Crippen molar-refractivity contribution >= 4 is 0 Å². The molecule has 2 heterocycles. The van der Waals surface area contributed by atoms with Crippen LogP contribution in [0, 0.1) is 23.2 Å². The van der Waals surface area contributed by atoms with Crippen molar-refractivity contribution in [3.8, 4) is 11.8 Å². The second-order valence-electron chi connectivity index (χ2n) is 9.63. The van der Waals surface area contributed by atoms with E-state index in [0.717, 1.165) is 0 Å². The van der Waals surface area contributed by atoms with Gasteiger partial charge in [-0.2, -0.15) is 0 Å². The molecule has 0 aliphatic carbocycles. The third-order valence-electron chi connectivity index (χ3n) is 5.29. The Kier molecular flexibility index (Phi) is 6.76. The van der Waals surface area contributed by atoms with Crippen LogP contribution < -0.4 is 0 Å². The van der Waals surface area contributed by atoms with Gasteiger partial charge in [0.1, 0.15) is 0 Å². The average Bonchev–Trinajstić information content (AvgIpc) is 2.51. The van der Waals surface area contributed by atoms with Gasteiger partial charge in [0.25, 0.3) is 0 Å². The summed E-state index contributed by atoms with van der Waals surface area (Å²) in [5, 5.41) is 0. The van der Waals surface area contributed by atoms with Crippen molar-refractivity contribution in [3.63, 3.8) is 0 Å². The Morgan fingerprint density at radius 2 is 1.25 bits per heavy atom. The van der Waals surface area contributed by atoms with Gasteiger partial charge in [-0.25, -0.2) is 0 Å². The zero-order chi connectivity index (χ0) is 17.8. The Bertz CT molecular complexity index is 430. The lowest BCUT2D eigenvalue weighted by molar-refractivity contribution is 0.0556. The van der Waals surface area contributed by atoms with E-state index >= 15 is 0 Å². The first-order valence-electron chi connectivity index (χ1n) is 9.86. The quantitative estimate of drug-likeness (QED) is 0.735. The highest BCUT2D eigenvalue weighted by atomic mass is 15.3. The first-order chi connectivity index (χ1) is 11.1. The number of hydrogen-bond donors (Lipinski definition) is 0. The van der Waals surface area contributed by atoms with E-state index in [0.29, 0.717) is 11.5 Å². The van der Waals surface area contributed by atoms with Crippen LogP contribution in [0.25, 0.3) is 0 Å². The molecule has 0 saturated carbocycles. The van der Waals surface area contributed by atoms with E-state index in [1.807, 2.05) is 0 Å². The summed E-state index contributed by atoms with van der Waals surface area (Å²) in [6, 6.07) is 0. The molecule has 0 atom stereocenters. The summed E-state index contributed by atoms with van der Waals surface area (Å²) in [6.07, 6.45) is 2.50. The van der Waals surface area contributed by atoms with Crippen LogP contribution in [0.4, 0.5) is 0 Å². The molecule has 0 bridgehead atoms. The van der Waals surface area contributed by atoms with Gasteiger partial charge < -0.3 is 4.90 Å². The number of nitrogens with zero attached hydrogens (tertiary/aromatic N) is 3. The molecule has 2 aliphatic rings. The van der Waals surface area contributed by atoms with Crippen LogP contribution in [-0.4, -0.2) is 72.6 Å². The standard InChI is InChI=1S/C21H39N3/c1-20(2,3)10-7-19-8-11-22(12-9-19)13-14-23-15-17-24(18-16-23)21(4,5)6/h19H,8-9,11-18H2,1-6H3. The van der Waals surface area contributed by atoms with Gasteiger partial charge in [-0.15, -0.1) is 0 Å². The summed E-state index contributed by atoms with van der Waals surface area (Å²) in [6.45, 7) is 23.4. The van der Waals surface area contributed by atoms with E-state index in [2.05, 4.69) is 68.1 Å². The summed E-state index contributed by atoms with van der Waals surface area (Å²) < 4.78 is 0. The molecule has 0 spiro atoms. The van der Waals surface area contributed by atoms with Crippen molar-refractivity contribution in [3.05, 3.63) is 0 Å². The smallest absolute Gasteiger partial charge is 0.0230 e. The maximum Gasteiger partial charge on any atom is 0.0230 e. The van der Waals surface area contributed by atoms with E-state index in [1.54, 1.807) is 0 Å². The lowest BCUT2D eigenvalue weighted by Gasteiger charge is -2.42. The van der Waals surface area contributed by atoms with Crippen LogP contribution in [0.1, 0.15) is 54.4 Å². The average molecular weight is 334 g/mol. The van der Waals surface area contributed by atoms with Gasteiger partial charge in [0.2, 0.25) is 0 Å². The highest BCUT2D eigenvalue weighted by Gasteiger charge is 2.26. The van der Waals surface area contributed by atoms with Gasteiger partial charge >= 0.3 is 0 Å². The lowest BCUT2D eigenvalue weighted by atomic mass is 9.93. The highest BCUT2D eigenvalue weighted by molar-refractivity contribution is 5.11. The molecule has 2 saturated heterocycles. The van der Waals surface area contributed by atoms with E-state index in [-0.39, 0.29) is 5.41 Å². The molecule has 3 heteroatoms. The van der Waals surface area contributed by atoms with Crippen LogP contribution in [0.15, 0.2) is 0 Å². The Labute approximate surface area is 150 Å². The zero-order valence-corrected chi connectivity index (χ0v) is 17.0. The number of hydrogen-bond acceptors (Lipinski definition) is 3. The van der Waals surface area contributed by atoms with Gasteiger partial charge in [-0.1, -0.05) is 11.8 Å². The molecular formula is C21H39N3. The van der Waals surface area contributed by atoms with Crippen LogP contribution in [0.2, 0.25) is 0 Å². The first kappa shape index (κ1) is 19.8. The summed E-state index contributed by atoms with van der Waals surface area (Å²) in [5.41, 5.74) is 0.467. The van der Waals surface area contributed by atoms with Gasteiger partial charge in [0, 0.05) is 56.1 Å². The molecule has 0 aromatic heterocycles. The molecule has 3 nitrogen and oxygen atoms in total. The Balaban J connectivity index is 1.64.